The maximum Gasteiger partial charge on any atom is 0.417 e. The lowest BCUT2D eigenvalue weighted by Crippen LogP contribution is -2.57. The molecule has 168 valence electrons. The zero-order chi connectivity index (χ0) is 23.9. The van der Waals surface area contributed by atoms with Gasteiger partial charge in [-0.05, 0) is 61.4 Å². The van der Waals surface area contributed by atoms with E-state index in [1.807, 2.05) is 36.4 Å². The summed E-state index contributed by atoms with van der Waals surface area (Å²) in [5, 5.41) is 4.63. The van der Waals surface area contributed by atoms with E-state index >= 15 is 0 Å². The minimum atomic E-state index is -4.41. The Morgan fingerprint density at radius 1 is 0.657 bits per heavy atom. The lowest BCUT2D eigenvalue weighted by Gasteiger charge is -2.36. The molecule has 0 saturated heterocycles. The molecule has 0 amide bonds. The molecule has 0 fully saturated rings. The van der Waals surface area contributed by atoms with Gasteiger partial charge in [0.05, 0.1) is 5.56 Å². The summed E-state index contributed by atoms with van der Waals surface area (Å²) in [4.78, 5) is 2.21. The van der Waals surface area contributed by atoms with Crippen LogP contribution in [-0.4, -0.2) is 13.8 Å². The van der Waals surface area contributed by atoms with Crippen LogP contribution >= 0.6 is 0 Å². The third kappa shape index (κ3) is 2.78. The number of nitrogens with zero attached hydrogens (tertiary/aromatic N) is 1. The van der Waals surface area contributed by atoms with Crippen molar-refractivity contribution < 1.29 is 13.2 Å². The summed E-state index contributed by atoms with van der Waals surface area (Å²) in [5.41, 5.74) is 5.14. The van der Waals surface area contributed by atoms with E-state index in [1.165, 1.54) is 17.0 Å². The molecule has 0 unspecified atom stereocenters. The number of alkyl halides is 3. The molecule has 1 aliphatic heterocycles. The largest absolute Gasteiger partial charge is 0.417 e. The minimum Gasteiger partial charge on any atom is -0.345 e. The molecule has 0 atom stereocenters. The molecule has 0 N–H and O–H groups in total. The molecule has 0 aliphatic carbocycles. The Bertz CT molecular complexity index is 1760. The fraction of sp³-hybridized carbons (Fsp3) is 0.0667. The summed E-state index contributed by atoms with van der Waals surface area (Å²) in [6, 6.07) is 31.2. The molecule has 0 bridgehead atoms. The SMILES string of the molecule is CN1c2ccccc2B(c2ccccc2)c2c1cc1ccc3c(C(F)(F)F)ccc4ccc2c1c43. The maximum absolute atomic E-state index is 13.9. The van der Waals surface area contributed by atoms with E-state index in [-0.39, 0.29) is 12.1 Å². The van der Waals surface area contributed by atoms with Gasteiger partial charge >= 0.3 is 6.18 Å². The Hall–Kier alpha value is -3.99. The molecule has 1 aliphatic rings. The number of anilines is 2. The van der Waals surface area contributed by atoms with E-state index in [9.17, 15) is 13.2 Å². The van der Waals surface area contributed by atoms with Crippen LogP contribution in [-0.2, 0) is 6.18 Å². The zero-order valence-electron chi connectivity index (χ0n) is 18.9. The molecule has 7 rings (SSSR count). The normalized spacial score (nSPS) is 13.6. The summed E-state index contributed by atoms with van der Waals surface area (Å²) >= 11 is 0. The molecule has 5 heteroatoms. The van der Waals surface area contributed by atoms with E-state index < -0.39 is 11.7 Å². The van der Waals surface area contributed by atoms with Crippen molar-refractivity contribution in [2.24, 2.45) is 0 Å². The van der Waals surface area contributed by atoms with Crippen LogP contribution < -0.4 is 21.3 Å². The highest BCUT2D eigenvalue weighted by atomic mass is 19.4. The van der Waals surface area contributed by atoms with Crippen LogP contribution in [0.3, 0.4) is 0 Å². The molecule has 0 aromatic heterocycles. The van der Waals surface area contributed by atoms with Crippen molar-refractivity contribution in [1.82, 2.24) is 0 Å². The van der Waals surface area contributed by atoms with Crippen LogP contribution in [0, 0.1) is 0 Å². The summed E-state index contributed by atoms with van der Waals surface area (Å²) in [7, 11) is 2.07. The fourth-order valence-corrected chi connectivity index (χ4v) is 6.02. The average Bonchev–Trinajstić information content (AvgIpc) is 2.87. The van der Waals surface area contributed by atoms with Gasteiger partial charge in [0.15, 0.2) is 0 Å². The maximum atomic E-state index is 13.9. The van der Waals surface area contributed by atoms with E-state index in [2.05, 4.69) is 54.4 Å². The van der Waals surface area contributed by atoms with Gasteiger partial charge in [0.1, 0.15) is 0 Å². The third-order valence-electron chi connectivity index (χ3n) is 7.50. The first-order valence-corrected chi connectivity index (χ1v) is 11.6. The van der Waals surface area contributed by atoms with E-state index in [0.717, 1.165) is 38.4 Å². The summed E-state index contributed by atoms with van der Waals surface area (Å²) in [5.74, 6) is 0. The molecule has 1 nitrogen and oxygen atoms in total. The summed E-state index contributed by atoms with van der Waals surface area (Å²) < 4.78 is 41.8. The van der Waals surface area contributed by atoms with Gasteiger partial charge in [-0.3, -0.25) is 0 Å². The van der Waals surface area contributed by atoms with Gasteiger partial charge in [-0.1, -0.05) is 84.3 Å². The second-order valence-electron chi connectivity index (χ2n) is 9.30. The number of benzene rings is 6. The number of para-hydroxylation sites is 1. The Morgan fingerprint density at radius 2 is 1.31 bits per heavy atom. The minimum absolute atomic E-state index is 0.0229. The Labute approximate surface area is 200 Å². The van der Waals surface area contributed by atoms with Crippen molar-refractivity contribution in [3.63, 3.8) is 0 Å². The van der Waals surface area contributed by atoms with Gasteiger partial charge in [-0.15, -0.1) is 0 Å². The van der Waals surface area contributed by atoms with Crippen LogP contribution in [0.1, 0.15) is 5.56 Å². The first kappa shape index (κ1) is 20.4. The molecule has 0 saturated carbocycles. The highest BCUT2D eigenvalue weighted by molar-refractivity contribution is 6.99. The van der Waals surface area contributed by atoms with Crippen LogP contribution in [0.25, 0.3) is 32.3 Å². The number of rotatable bonds is 1. The average molecular weight is 461 g/mol. The summed E-state index contributed by atoms with van der Waals surface area (Å²) in [6.07, 6.45) is -4.41. The van der Waals surface area contributed by atoms with Crippen molar-refractivity contribution in [3.05, 3.63) is 103 Å². The molecule has 6 aromatic rings. The molecule has 1 heterocycles. The number of hydrogen-bond acceptors (Lipinski definition) is 1. The van der Waals surface area contributed by atoms with Crippen molar-refractivity contribution in [1.29, 1.82) is 0 Å². The topological polar surface area (TPSA) is 3.24 Å². The number of hydrogen-bond donors (Lipinski definition) is 0. The highest BCUT2D eigenvalue weighted by Gasteiger charge is 2.36. The van der Waals surface area contributed by atoms with Crippen LogP contribution in [0.5, 0.6) is 0 Å². The Balaban J connectivity index is 1.66. The highest BCUT2D eigenvalue weighted by Crippen LogP contribution is 2.43. The lowest BCUT2D eigenvalue weighted by atomic mass is 9.34. The molecular formula is C30H19BF3N. The van der Waals surface area contributed by atoms with Crippen LogP contribution in [0.15, 0.2) is 97.1 Å². The van der Waals surface area contributed by atoms with Gasteiger partial charge in [-0.2, -0.15) is 13.2 Å². The monoisotopic (exact) mass is 461 g/mol. The van der Waals surface area contributed by atoms with Crippen molar-refractivity contribution in [3.8, 4) is 0 Å². The molecular weight excluding hydrogens is 442 g/mol. The summed E-state index contributed by atoms with van der Waals surface area (Å²) in [6.45, 7) is -0.0229. The number of halogens is 3. The Morgan fingerprint density at radius 3 is 2.11 bits per heavy atom. The second kappa shape index (κ2) is 7.02. The molecule has 35 heavy (non-hydrogen) atoms. The quantitative estimate of drug-likeness (QED) is 0.208. The smallest absolute Gasteiger partial charge is 0.345 e. The van der Waals surface area contributed by atoms with E-state index in [4.69, 9.17) is 0 Å². The van der Waals surface area contributed by atoms with Crippen molar-refractivity contribution in [2.75, 3.05) is 11.9 Å². The fourth-order valence-electron chi connectivity index (χ4n) is 6.02. The van der Waals surface area contributed by atoms with Crippen molar-refractivity contribution >= 4 is 66.8 Å². The first-order valence-electron chi connectivity index (χ1n) is 11.6. The Kier molecular flexibility index (Phi) is 4.09. The van der Waals surface area contributed by atoms with Crippen molar-refractivity contribution in [2.45, 2.75) is 6.18 Å². The van der Waals surface area contributed by atoms with Crippen LogP contribution in [0.4, 0.5) is 24.5 Å². The van der Waals surface area contributed by atoms with Gasteiger partial charge in [-0.25, -0.2) is 0 Å². The predicted molar refractivity (Wildman–Crippen MR) is 141 cm³/mol. The standard InChI is InChI=1S/C30H19BF3N/c1-35-25-10-6-5-9-24(25)31(20-7-3-2-4-8-20)29-22-15-11-18-13-16-23(30(32,33)34)21-14-12-19(17-26(29)35)28(22)27(18)21/h2-17H,1H3. The van der Waals surface area contributed by atoms with Gasteiger partial charge in [0, 0.05) is 18.4 Å². The molecule has 0 spiro atoms. The molecule has 0 radical (unpaired) electrons. The van der Waals surface area contributed by atoms with E-state index in [0.29, 0.717) is 5.39 Å². The van der Waals surface area contributed by atoms with Crippen LogP contribution in [0.2, 0.25) is 0 Å². The lowest BCUT2D eigenvalue weighted by molar-refractivity contribution is -0.136. The van der Waals surface area contributed by atoms with Gasteiger partial charge in [0.2, 0.25) is 6.71 Å². The van der Waals surface area contributed by atoms with E-state index in [1.54, 1.807) is 12.1 Å². The number of fused-ring (bicyclic) bond motifs is 3. The third-order valence-corrected chi connectivity index (χ3v) is 7.50. The van der Waals surface area contributed by atoms with Gasteiger partial charge in [0.25, 0.3) is 0 Å². The zero-order valence-corrected chi connectivity index (χ0v) is 18.9. The van der Waals surface area contributed by atoms with Gasteiger partial charge < -0.3 is 4.90 Å². The second-order valence-corrected chi connectivity index (χ2v) is 9.30. The molecule has 6 aromatic carbocycles. The predicted octanol–water partition coefficient (Wildman–Crippen LogP) is 6.20. The first-order chi connectivity index (χ1) is 16.9.